The summed E-state index contributed by atoms with van der Waals surface area (Å²) in [4.78, 5) is 6.71. The molecule has 0 amide bonds. The average Bonchev–Trinajstić information content (AvgIpc) is 2.54. The Morgan fingerprint density at radius 2 is 1.82 bits per heavy atom. The van der Waals surface area contributed by atoms with E-state index in [-0.39, 0.29) is 0 Å². The maximum absolute atomic E-state index is 9.52. The molecule has 0 bridgehead atoms. The quantitative estimate of drug-likeness (QED) is 0.708. The monoisotopic (exact) mass is 315 g/mol. The minimum absolute atomic E-state index is 0.595. The molecule has 4 heteroatoms. The van der Waals surface area contributed by atoms with Crippen LogP contribution in [-0.2, 0) is 0 Å². The van der Waals surface area contributed by atoms with Crippen molar-refractivity contribution in [1.82, 2.24) is 4.98 Å². The van der Waals surface area contributed by atoms with Crippen LogP contribution < -0.4 is 4.90 Å². The van der Waals surface area contributed by atoms with Crippen molar-refractivity contribution in [1.29, 1.82) is 5.26 Å². The second-order valence-corrected chi connectivity index (χ2v) is 5.96. The number of pyridine rings is 1. The summed E-state index contributed by atoms with van der Waals surface area (Å²) >= 11 is 6.00. The molecular formula is C18H22ClN3. The number of rotatable bonds is 7. The Hall–Kier alpha value is -1.79. The zero-order valence-electron chi connectivity index (χ0n) is 13.3. The number of nitrogens with zero attached hydrogens (tertiary/aromatic N) is 3. The second-order valence-electron chi connectivity index (χ2n) is 5.52. The van der Waals surface area contributed by atoms with E-state index in [0.717, 1.165) is 55.4 Å². The topological polar surface area (TPSA) is 39.9 Å². The SMILES string of the molecule is CCCCN(CCCC)c1cc2ncc(Cl)cc2cc1C#N. The lowest BCUT2D eigenvalue weighted by atomic mass is 10.1. The lowest BCUT2D eigenvalue weighted by Crippen LogP contribution is -2.26. The van der Waals surface area contributed by atoms with E-state index < -0.39 is 0 Å². The van der Waals surface area contributed by atoms with Crippen molar-refractivity contribution in [3.8, 4) is 6.07 Å². The van der Waals surface area contributed by atoms with E-state index >= 15 is 0 Å². The fraction of sp³-hybridized carbons (Fsp3) is 0.444. The highest BCUT2D eigenvalue weighted by Gasteiger charge is 2.13. The van der Waals surface area contributed by atoms with Crippen LogP contribution in [0, 0.1) is 11.3 Å². The van der Waals surface area contributed by atoms with Gasteiger partial charge in [0, 0.05) is 24.7 Å². The molecule has 3 nitrogen and oxygen atoms in total. The van der Waals surface area contributed by atoms with Gasteiger partial charge in [-0.3, -0.25) is 4.98 Å². The van der Waals surface area contributed by atoms with Gasteiger partial charge in [-0.15, -0.1) is 0 Å². The van der Waals surface area contributed by atoms with Crippen molar-refractivity contribution in [3.63, 3.8) is 0 Å². The Labute approximate surface area is 137 Å². The third kappa shape index (κ3) is 3.90. The average molecular weight is 316 g/mol. The molecule has 1 heterocycles. The molecule has 1 aromatic carbocycles. The van der Waals surface area contributed by atoms with Crippen LogP contribution in [-0.4, -0.2) is 18.1 Å². The molecule has 0 saturated carbocycles. The van der Waals surface area contributed by atoms with Gasteiger partial charge in [-0.05, 0) is 31.0 Å². The van der Waals surface area contributed by atoms with Gasteiger partial charge in [0.05, 0.1) is 21.8 Å². The summed E-state index contributed by atoms with van der Waals surface area (Å²) < 4.78 is 0. The molecule has 0 aliphatic carbocycles. The van der Waals surface area contributed by atoms with E-state index in [2.05, 4.69) is 29.8 Å². The molecule has 1 aromatic heterocycles. The van der Waals surface area contributed by atoms with Gasteiger partial charge in [0.2, 0.25) is 0 Å². The zero-order valence-corrected chi connectivity index (χ0v) is 14.0. The van der Waals surface area contributed by atoms with Gasteiger partial charge < -0.3 is 4.90 Å². The number of aromatic nitrogens is 1. The van der Waals surface area contributed by atoms with Gasteiger partial charge in [-0.25, -0.2) is 0 Å². The summed E-state index contributed by atoms with van der Waals surface area (Å²) in [5.41, 5.74) is 2.58. The van der Waals surface area contributed by atoms with E-state index in [1.807, 2.05) is 18.2 Å². The first-order chi connectivity index (χ1) is 10.7. The van der Waals surface area contributed by atoms with Gasteiger partial charge in [-0.1, -0.05) is 38.3 Å². The van der Waals surface area contributed by atoms with Crippen LogP contribution >= 0.6 is 11.6 Å². The molecule has 0 aliphatic rings. The first-order valence-electron chi connectivity index (χ1n) is 7.94. The predicted molar refractivity (Wildman–Crippen MR) is 93.5 cm³/mol. The Bertz CT molecular complexity index is 668. The maximum atomic E-state index is 9.52. The molecule has 0 aliphatic heterocycles. The third-order valence-electron chi connectivity index (χ3n) is 3.79. The van der Waals surface area contributed by atoms with Crippen LogP contribution in [0.1, 0.15) is 45.1 Å². The van der Waals surface area contributed by atoms with Crippen LogP contribution in [0.3, 0.4) is 0 Å². The Morgan fingerprint density at radius 1 is 1.14 bits per heavy atom. The largest absolute Gasteiger partial charge is 0.370 e. The lowest BCUT2D eigenvalue weighted by molar-refractivity contribution is 0.678. The van der Waals surface area contributed by atoms with Gasteiger partial charge >= 0.3 is 0 Å². The van der Waals surface area contributed by atoms with E-state index in [1.54, 1.807) is 6.20 Å². The van der Waals surface area contributed by atoms with E-state index in [9.17, 15) is 5.26 Å². The molecule has 0 radical (unpaired) electrons. The van der Waals surface area contributed by atoms with Crippen molar-refractivity contribution >= 4 is 28.2 Å². The van der Waals surface area contributed by atoms with E-state index in [0.29, 0.717) is 10.6 Å². The van der Waals surface area contributed by atoms with Crippen molar-refractivity contribution in [2.24, 2.45) is 0 Å². The van der Waals surface area contributed by atoms with Gasteiger partial charge in [0.25, 0.3) is 0 Å². The minimum Gasteiger partial charge on any atom is -0.370 e. The number of fused-ring (bicyclic) bond motifs is 1. The summed E-state index contributed by atoms with van der Waals surface area (Å²) in [5.74, 6) is 0. The molecule has 0 unspecified atom stereocenters. The van der Waals surface area contributed by atoms with Crippen molar-refractivity contribution in [3.05, 3.63) is 35.0 Å². The Balaban J connectivity index is 2.45. The molecule has 0 saturated heterocycles. The third-order valence-corrected chi connectivity index (χ3v) is 4.00. The fourth-order valence-corrected chi connectivity index (χ4v) is 2.71. The highest BCUT2D eigenvalue weighted by Crippen LogP contribution is 2.28. The van der Waals surface area contributed by atoms with Crippen LogP contribution in [0.5, 0.6) is 0 Å². The molecule has 2 rings (SSSR count). The molecule has 0 spiro atoms. The van der Waals surface area contributed by atoms with E-state index in [4.69, 9.17) is 11.6 Å². The molecule has 0 fully saturated rings. The second kappa shape index (κ2) is 8.00. The Morgan fingerprint density at radius 3 is 2.41 bits per heavy atom. The van der Waals surface area contributed by atoms with Crippen molar-refractivity contribution < 1.29 is 0 Å². The van der Waals surface area contributed by atoms with Crippen molar-refractivity contribution in [2.75, 3.05) is 18.0 Å². The highest BCUT2D eigenvalue weighted by molar-refractivity contribution is 6.31. The lowest BCUT2D eigenvalue weighted by Gasteiger charge is -2.26. The molecule has 0 N–H and O–H groups in total. The Kier molecular flexibility index (Phi) is 6.03. The van der Waals surface area contributed by atoms with Gasteiger partial charge in [0.1, 0.15) is 6.07 Å². The molecule has 2 aromatic rings. The van der Waals surface area contributed by atoms with Gasteiger partial charge in [0.15, 0.2) is 0 Å². The summed E-state index contributed by atoms with van der Waals surface area (Å²) in [5, 5.41) is 11.0. The minimum atomic E-state index is 0.595. The number of hydrogen-bond acceptors (Lipinski definition) is 3. The number of benzene rings is 1. The summed E-state index contributed by atoms with van der Waals surface area (Å²) in [6.45, 7) is 6.33. The molecule has 0 atom stereocenters. The maximum Gasteiger partial charge on any atom is 0.101 e. The van der Waals surface area contributed by atoms with Crippen LogP contribution in [0.2, 0.25) is 5.02 Å². The van der Waals surface area contributed by atoms with Crippen LogP contribution in [0.25, 0.3) is 10.9 Å². The first-order valence-corrected chi connectivity index (χ1v) is 8.31. The number of unbranched alkanes of at least 4 members (excludes halogenated alkanes) is 2. The van der Waals surface area contributed by atoms with Crippen molar-refractivity contribution in [2.45, 2.75) is 39.5 Å². The zero-order chi connectivity index (χ0) is 15.9. The first kappa shape index (κ1) is 16.6. The summed E-state index contributed by atoms with van der Waals surface area (Å²) in [6, 6.07) is 8.11. The standard InChI is InChI=1S/C18H22ClN3/c1-3-5-7-22(8-6-4-2)18-11-17-14(9-15(18)12-20)10-16(19)13-21-17/h9-11,13H,3-8H2,1-2H3. The van der Waals surface area contributed by atoms with Gasteiger partial charge in [-0.2, -0.15) is 5.26 Å². The predicted octanol–water partition coefficient (Wildman–Crippen LogP) is 5.17. The van der Waals surface area contributed by atoms with Crippen LogP contribution in [0.15, 0.2) is 24.4 Å². The fourth-order valence-electron chi connectivity index (χ4n) is 2.54. The van der Waals surface area contributed by atoms with E-state index in [1.165, 1.54) is 0 Å². The highest BCUT2D eigenvalue weighted by atomic mass is 35.5. The normalized spacial score (nSPS) is 10.6. The number of anilines is 1. The van der Waals surface area contributed by atoms with Crippen LogP contribution in [0.4, 0.5) is 5.69 Å². The molecular weight excluding hydrogens is 294 g/mol. The number of hydrogen-bond donors (Lipinski definition) is 0. The molecule has 22 heavy (non-hydrogen) atoms. The number of halogens is 1. The number of nitriles is 1. The summed E-state index contributed by atoms with van der Waals surface area (Å²) in [7, 11) is 0. The summed E-state index contributed by atoms with van der Waals surface area (Å²) in [6.07, 6.45) is 6.20. The molecule has 116 valence electrons. The smallest absolute Gasteiger partial charge is 0.101 e.